The summed E-state index contributed by atoms with van der Waals surface area (Å²) >= 11 is 0. The van der Waals surface area contributed by atoms with Gasteiger partial charge in [0.05, 0.1) is 24.4 Å². The van der Waals surface area contributed by atoms with Gasteiger partial charge in [0, 0.05) is 12.6 Å². The van der Waals surface area contributed by atoms with Crippen molar-refractivity contribution in [3.05, 3.63) is 23.8 Å². The molecule has 0 bridgehead atoms. The van der Waals surface area contributed by atoms with Crippen molar-refractivity contribution in [2.24, 2.45) is 5.41 Å². The van der Waals surface area contributed by atoms with Crippen LogP contribution in [0.1, 0.15) is 26.3 Å². The third-order valence-corrected chi connectivity index (χ3v) is 2.14. The van der Waals surface area contributed by atoms with Gasteiger partial charge in [-0.1, -0.05) is 20.8 Å². The molecule has 3 nitrogen and oxygen atoms in total. The lowest BCUT2D eigenvalue weighted by Gasteiger charge is -2.20. The number of nitriles is 1. The molecule has 1 aromatic carbocycles. The summed E-state index contributed by atoms with van der Waals surface area (Å²) in [4.78, 5) is 0. The van der Waals surface area contributed by atoms with Crippen molar-refractivity contribution in [3.8, 4) is 11.8 Å². The second-order valence-corrected chi connectivity index (χ2v) is 4.94. The van der Waals surface area contributed by atoms with Crippen LogP contribution in [0.15, 0.2) is 18.2 Å². The standard InChI is InChI=1S/C13H18N2O/c1-13(2,3)9-15-11-6-5-10(8-14)7-12(11)16-4/h5-7,15H,9H2,1-4H3. The number of hydrogen-bond donors (Lipinski definition) is 1. The van der Waals surface area contributed by atoms with E-state index < -0.39 is 0 Å². The van der Waals surface area contributed by atoms with E-state index in [0.29, 0.717) is 11.3 Å². The van der Waals surface area contributed by atoms with E-state index in [1.165, 1.54) is 0 Å². The molecule has 0 saturated heterocycles. The maximum atomic E-state index is 8.78. The molecule has 0 aliphatic heterocycles. The highest BCUT2D eigenvalue weighted by Crippen LogP contribution is 2.26. The monoisotopic (exact) mass is 218 g/mol. The zero-order chi connectivity index (χ0) is 12.2. The largest absolute Gasteiger partial charge is 0.495 e. The van der Waals surface area contributed by atoms with Gasteiger partial charge in [0.25, 0.3) is 0 Å². The first-order valence-electron chi connectivity index (χ1n) is 5.28. The molecule has 0 aromatic heterocycles. The fraction of sp³-hybridized carbons (Fsp3) is 0.462. The van der Waals surface area contributed by atoms with Gasteiger partial charge in [0.2, 0.25) is 0 Å². The van der Waals surface area contributed by atoms with E-state index in [4.69, 9.17) is 10.00 Å². The second-order valence-electron chi connectivity index (χ2n) is 4.94. The zero-order valence-corrected chi connectivity index (χ0v) is 10.3. The molecule has 0 atom stereocenters. The van der Waals surface area contributed by atoms with Crippen LogP contribution in [0, 0.1) is 16.7 Å². The fourth-order valence-corrected chi connectivity index (χ4v) is 1.27. The Hall–Kier alpha value is -1.69. The van der Waals surface area contributed by atoms with E-state index in [2.05, 4.69) is 32.2 Å². The number of ether oxygens (including phenoxy) is 1. The molecule has 1 rings (SSSR count). The van der Waals surface area contributed by atoms with Gasteiger partial charge in [-0.15, -0.1) is 0 Å². The molecule has 0 fully saturated rings. The lowest BCUT2D eigenvalue weighted by molar-refractivity contribution is 0.412. The van der Waals surface area contributed by atoms with Gasteiger partial charge >= 0.3 is 0 Å². The highest BCUT2D eigenvalue weighted by molar-refractivity contribution is 5.59. The van der Waals surface area contributed by atoms with E-state index >= 15 is 0 Å². The SMILES string of the molecule is COc1cc(C#N)ccc1NCC(C)(C)C. The van der Waals surface area contributed by atoms with E-state index in [0.717, 1.165) is 12.2 Å². The summed E-state index contributed by atoms with van der Waals surface area (Å²) in [6, 6.07) is 7.50. The van der Waals surface area contributed by atoms with Crippen LogP contribution in [0.4, 0.5) is 5.69 Å². The zero-order valence-electron chi connectivity index (χ0n) is 10.3. The molecule has 0 amide bonds. The Morgan fingerprint density at radius 1 is 1.38 bits per heavy atom. The molecule has 0 saturated carbocycles. The lowest BCUT2D eigenvalue weighted by Crippen LogP contribution is -2.19. The summed E-state index contributed by atoms with van der Waals surface area (Å²) in [6.07, 6.45) is 0. The van der Waals surface area contributed by atoms with Gasteiger partial charge in [-0.25, -0.2) is 0 Å². The van der Waals surface area contributed by atoms with Gasteiger partial charge in [-0.2, -0.15) is 5.26 Å². The maximum Gasteiger partial charge on any atom is 0.143 e. The van der Waals surface area contributed by atoms with E-state index in [9.17, 15) is 0 Å². The first kappa shape index (κ1) is 12.4. The Labute approximate surface area is 97.0 Å². The Balaban J connectivity index is 2.85. The van der Waals surface area contributed by atoms with E-state index in [-0.39, 0.29) is 5.41 Å². The average Bonchev–Trinajstić information content (AvgIpc) is 2.25. The van der Waals surface area contributed by atoms with Crippen molar-refractivity contribution in [3.63, 3.8) is 0 Å². The van der Waals surface area contributed by atoms with Crippen molar-refractivity contribution >= 4 is 5.69 Å². The van der Waals surface area contributed by atoms with Gasteiger partial charge in [0.1, 0.15) is 5.75 Å². The quantitative estimate of drug-likeness (QED) is 0.848. The minimum atomic E-state index is 0.207. The first-order chi connectivity index (χ1) is 7.46. The van der Waals surface area contributed by atoms with Crippen LogP contribution in [-0.2, 0) is 0 Å². The summed E-state index contributed by atoms with van der Waals surface area (Å²) in [7, 11) is 1.61. The molecular weight excluding hydrogens is 200 g/mol. The normalized spacial score (nSPS) is 10.7. The average molecular weight is 218 g/mol. The van der Waals surface area contributed by atoms with E-state index in [1.807, 2.05) is 6.07 Å². The third-order valence-electron chi connectivity index (χ3n) is 2.14. The summed E-state index contributed by atoms with van der Waals surface area (Å²) in [5, 5.41) is 12.1. The predicted octanol–water partition coefficient (Wildman–Crippen LogP) is 3.02. The van der Waals surface area contributed by atoms with Gasteiger partial charge in [-0.05, 0) is 17.5 Å². The van der Waals surface area contributed by atoms with Gasteiger partial charge in [0.15, 0.2) is 0 Å². The molecule has 0 radical (unpaired) electrons. The first-order valence-corrected chi connectivity index (χ1v) is 5.28. The topological polar surface area (TPSA) is 45.0 Å². The number of methoxy groups -OCH3 is 1. The molecule has 3 heteroatoms. The molecule has 0 heterocycles. The van der Waals surface area contributed by atoms with Gasteiger partial charge in [-0.3, -0.25) is 0 Å². The number of anilines is 1. The number of hydrogen-bond acceptors (Lipinski definition) is 3. The Morgan fingerprint density at radius 2 is 2.06 bits per heavy atom. The van der Waals surface area contributed by atoms with Crippen LogP contribution in [0.5, 0.6) is 5.75 Å². The Kier molecular flexibility index (Phi) is 3.78. The molecule has 0 aliphatic carbocycles. The van der Waals surface area contributed by atoms with Crippen LogP contribution >= 0.6 is 0 Å². The predicted molar refractivity (Wildman–Crippen MR) is 65.7 cm³/mol. The lowest BCUT2D eigenvalue weighted by atomic mass is 9.97. The van der Waals surface area contributed by atoms with Crippen LogP contribution in [0.3, 0.4) is 0 Å². The minimum absolute atomic E-state index is 0.207. The molecule has 0 spiro atoms. The smallest absolute Gasteiger partial charge is 0.143 e. The molecule has 0 aliphatic rings. The molecule has 1 aromatic rings. The molecule has 1 N–H and O–H groups in total. The van der Waals surface area contributed by atoms with Crippen LogP contribution in [0.25, 0.3) is 0 Å². The summed E-state index contributed by atoms with van der Waals surface area (Å²) in [6.45, 7) is 7.34. The second kappa shape index (κ2) is 4.89. The summed E-state index contributed by atoms with van der Waals surface area (Å²) in [5.74, 6) is 0.711. The highest BCUT2D eigenvalue weighted by Gasteiger charge is 2.11. The Bertz CT molecular complexity index is 399. The molecule has 16 heavy (non-hydrogen) atoms. The van der Waals surface area contributed by atoms with Crippen LogP contribution < -0.4 is 10.1 Å². The van der Waals surface area contributed by atoms with E-state index in [1.54, 1.807) is 19.2 Å². The van der Waals surface area contributed by atoms with Gasteiger partial charge < -0.3 is 10.1 Å². The van der Waals surface area contributed by atoms with Crippen LogP contribution in [-0.4, -0.2) is 13.7 Å². The van der Waals surface area contributed by atoms with Crippen molar-refractivity contribution in [1.29, 1.82) is 5.26 Å². The summed E-state index contributed by atoms with van der Waals surface area (Å²) in [5.41, 5.74) is 1.74. The molecular formula is C13H18N2O. The minimum Gasteiger partial charge on any atom is -0.495 e. The highest BCUT2D eigenvalue weighted by atomic mass is 16.5. The van der Waals surface area contributed by atoms with Crippen molar-refractivity contribution in [2.75, 3.05) is 19.0 Å². The maximum absolute atomic E-state index is 8.78. The Morgan fingerprint density at radius 3 is 2.56 bits per heavy atom. The number of rotatable bonds is 3. The fourth-order valence-electron chi connectivity index (χ4n) is 1.27. The number of nitrogens with zero attached hydrogens (tertiary/aromatic N) is 1. The number of benzene rings is 1. The van der Waals surface area contributed by atoms with Crippen molar-refractivity contribution in [1.82, 2.24) is 0 Å². The summed E-state index contributed by atoms with van der Waals surface area (Å²) < 4.78 is 5.24. The number of nitrogens with one attached hydrogen (secondary N) is 1. The van der Waals surface area contributed by atoms with Crippen molar-refractivity contribution < 1.29 is 4.74 Å². The van der Waals surface area contributed by atoms with Crippen molar-refractivity contribution in [2.45, 2.75) is 20.8 Å². The van der Waals surface area contributed by atoms with Crippen LogP contribution in [0.2, 0.25) is 0 Å². The third kappa shape index (κ3) is 3.47. The molecule has 0 unspecified atom stereocenters. The molecule has 86 valence electrons.